The van der Waals surface area contributed by atoms with Crippen LogP contribution in [-0.2, 0) is 6.42 Å². The molecule has 0 atom stereocenters. The van der Waals surface area contributed by atoms with E-state index in [0.29, 0.717) is 0 Å². The third-order valence-electron chi connectivity index (χ3n) is 2.34. The van der Waals surface area contributed by atoms with Gasteiger partial charge in [-0.15, -0.1) is 0 Å². The van der Waals surface area contributed by atoms with Crippen molar-refractivity contribution in [3.63, 3.8) is 0 Å². The number of thiol groups is 1. The van der Waals surface area contributed by atoms with Crippen LogP contribution in [0.5, 0.6) is 0 Å². The van der Waals surface area contributed by atoms with Crippen LogP contribution in [0.15, 0.2) is 41.8 Å². The lowest BCUT2D eigenvalue weighted by Gasteiger charge is -2.02. The van der Waals surface area contributed by atoms with Crippen LogP contribution in [0.3, 0.4) is 0 Å². The Labute approximate surface area is 90.1 Å². The predicted molar refractivity (Wildman–Crippen MR) is 66.3 cm³/mol. The summed E-state index contributed by atoms with van der Waals surface area (Å²) < 4.78 is 0. The van der Waals surface area contributed by atoms with Crippen LogP contribution in [0.25, 0.3) is 12.2 Å². The number of allylic oxidation sites excluding steroid dienone is 3. The van der Waals surface area contributed by atoms with E-state index in [2.05, 4.69) is 49.1 Å². The lowest BCUT2D eigenvalue weighted by Crippen LogP contribution is -1.85. The zero-order valence-electron chi connectivity index (χ0n) is 7.85. The predicted octanol–water partition coefficient (Wildman–Crippen LogP) is 3.71. The van der Waals surface area contributed by atoms with Gasteiger partial charge in [0.25, 0.3) is 0 Å². The van der Waals surface area contributed by atoms with Gasteiger partial charge in [-0.05, 0) is 28.5 Å². The Morgan fingerprint density at radius 2 is 2.14 bits per heavy atom. The molecule has 0 aromatic heterocycles. The van der Waals surface area contributed by atoms with E-state index in [0.717, 1.165) is 6.42 Å². The van der Waals surface area contributed by atoms with Crippen molar-refractivity contribution in [2.45, 2.75) is 6.42 Å². The third kappa shape index (κ3) is 1.83. The Balaban J connectivity index is 2.32. The highest BCUT2D eigenvalue weighted by Crippen LogP contribution is 2.23. The van der Waals surface area contributed by atoms with Crippen LogP contribution in [0.1, 0.15) is 16.7 Å². The highest BCUT2D eigenvalue weighted by Gasteiger charge is 2.06. The number of fused-ring (bicyclic) bond motifs is 1. The summed E-state index contributed by atoms with van der Waals surface area (Å²) in [6.07, 6.45) is 11.5. The van der Waals surface area contributed by atoms with Crippen molar-refractivity contribution in [2.75, 3.05) is 0 Å². The molecule has 70 valence electrons. The zero-order valence-corrected chi connectivity index (χ0v) is 8.74. The van der Waals surface area contributed by atoms with Crippen molar-refractivity contribution in [2.24, 2.45) is 0 Å². The van der Waals surface area contributed by atoms with E-state index in [1.165, 1.54) is 16.7 Å². The SMILES string of the molecule is S/C=C\C=C\c1cccc2c1CC=C2. The first-order valence-electron chi connectivity index (χ1n) is 4.67. The molecule has 0 spiro atoms. The summed E-state index contributed by atoms with van der Waals surface area (Å²) in [6.45, 7) is 0. The van der Waals surface area contributed by atoms with Gasteiger partial charge in [0.1, 0.15) is 0 Å². The van der Waals surface area contributed by atoms with Gasteiger partial charge in [0.05, 0.1) is 0 Å². The van der Waals surface area contributed by atoms with Gasteiger partial charge in [-0.2, -0.15) is 12.6 Å². The molecule has 0 saturated heterocycles. The largest absolute Gasteiger partial charge is 0.151 e. The van der Waals surface area contributed by atoms with Gasteiger partial charge in [-0.25, -0.2) is 0 Å². The first kappa shape index (κ1) is 9.35. The van der Waals surface area contributed by atoms with Gasteiger partial charge < -0.3 is 0 Å². The van der Waals surface area contributed by atoms with Crippen molar-refractivity contribution in [3.8, 4) is 0 Å². The highest BCUT2D eigenvalue weighted by atomic mass is 32.1. The molecular formula is C13H12S. The van der Waals surface area contributed by atoms with Crippen molar-refractivity contribution < 1.29 is 0 Å². The average molecular weight is 200 g/mol. The second-order valence-corrected chi connectivity index (χ2v) is 3.52. The van der Waals surface area contributed by atoms with Crippen LogP contribution < -0.4 is 0 Å². The number of rotatable bonds is 2. The van der Waals surface area contributed by atoms with E-state index in [1.807, 2.05) is 12.2 Å². The van der Waals surface area contributed by atoms with Crippen LogP contribution in [0.4, 0.5) is 0 Å². The smallest absolute Gasteiger partial charge is 0.00822 e. The normalized spacial score (nSPS) is 14.4. The molecule has 1 aliphatic rings. The van der Waals surface area contributed by atoms with Gasteiger partial charge in [-0.1, -0.05) is 48.6 Å². The van der Waals surface area contributed by atoms with E-state index >= 15 is 0 Å². The van der Waals surface area contributed by atoms with E-state index in [1.54, 1.807) is 5.41 Å². The van der Waals surface area contributed by atoms with E-state index in [-0.39, 0.29) is 0 Å². The molecule has 0 unspecified atom stereocenters. The second-order valence-electron chi connectivity index (χ2n) is 3.22. The van der Waals surface area contributed by atoms with Crippen LogP contribution in [-0.4, -0.2) is 0 Å². The fourth-order valence-electron chi connectivity index (χ4n) is 1.68. The fraction of sp³-hybridized carbons (Fsp3) is 0.0769. The Morgan fingerprint density at radius 1 is 1.21 bits per heavy atom. The van der Waals surface area contributed by atoms with Crippen LogP contribution in [0, 0.1) is 0 Å². The molecule has 0 radical (unpaired) electrons. The van der Waals surface area contributed by atoms with Gasteiger partial charge in [0.2, 0.25) is 0 Å². The molecule has 1 aromatic rings. The van der Waals surface area contributed by atoms with Crippen molar-refractivity contribution in [3.05, 3.63) is 58.5 Å². The van der Waals surface area contributed by atoms with Crippen molar-refractivity contribution >= 4 is 24.8 Å². The minimum Gasteiger partial charge on any atom is -0.151 e. The first-order valence-corrected chi connectivity index (χ1v) is 5.19. The standard InChI is InChI=1S/C13H12S/c14-10-2-1-5-11-6-3-7-12-8-4-9-13(11)12/h1-8,10,14H,9H2/b5-1+,10-2-. The van der Waals surface area contributed by atoms with E-state index < -0.39 is 0 Å². The van der Waals surface area contributed by atoms with Gasteiger partial charge >= 0.3 is 0 Å². The maximum Gasteiger partial charge on any atom is -0.00822 e. The second kappa shape index (κ2) is 4.34. The van der Waals surface area contributed by atoms with Crippen molar-refractivity contribution in [1.82, 2.24) is 0 Å². The summed E-state index contributed by atoms with van der Waals surface area (Å²) in [6, 6.07) is 6.40. The Kier molecular flexibility index (Phi) is 2.90. The molecule has 0 heterocycles. The quantitative estimate of drug-likeness (QED) is 0.546. The fourth-order valence-corrected chi connectivity index (χ4v) is 1.78. The summed E-state index contributed by atoms with van der Waals surface area (Å²) in [5, 5.41) is 1.73. The summed E-state index contributed by atoms with van der Waals surface area (Å²) in [7, 11) is 0. The van der Waals surface area contributed by atoms with Gasteiger partial charge in [-0.3, -0.25) is 0 Å². The molecule has 1 heteroatoms. The Morgan fingerprint density at radius 3 is 3.00 bits per heavy atom. The first-order chi connectivity index (χ1) is 6.92. The molecular weight excluding hydrogens is 188 g/mol. The van der Waals surface area contributed by atoms with Crippen LogP contribution >= 0.6 is 12.6 Å². The maximum absolute atomic E-state index is 4.00. The third-order valence-corrected chi connectivity index (χ3v) is 2.51. The number of hydrogen-bond acceptors (Lipinski definition) is 1. The van der Waals surface area contributed by atoms with E-state index in [4.69, 9.17) is 0 Å². The summed E-state index contributed by atoms with van der Waals surface area (Å²) in [5.74, 6) is 0. The molecule has 1 aromatic carbocycles. The van der Waals surface area contributed by atoms with E-state index in [9.17, 15) is 0 Å². The summed E-state index contributed by atoms with van der Waals surface area (Å²) in [5.41, 5.74) is 4.08. The molecule has 0 bridgehead atoms. The molecule has 0 aliphatic heterocycles. The minimum atomic E-state index is 1.06. The molecule has 2 rings (SSSR count). The number of benzene rings is 1. The summed E-state index contributed by atoms with van der Waals surface area (Å²) in [4.78, 5) is 0. The zero-order chi connectivity index (χ0) is 9.80. The molecule has 0 saturated carbocycles. The molecule has 0 fully saturated rings. The van der Waals surface area contributed by atoms with Gasteiger partial charge in [0, 0.05) is 0 Å². The topological polar surface area (TPSA) is 0 Å². The molecule has 0 nitrogen and oxygen atoms in total. The molecule has 1 aliphatic carbocycles. The molecule has 0 amide bonds. The Hall–Kier alpha value is -1.21. The maximum atomic E-state index is 4.00. The van der Waals surface area contributed by atoms with Crippen molar-refractivity contribution in [1.29, 1.82) is 0 Å². The van der Waals surface area contributed by atoms with Gasteiger partial charge in [0.15, 0.2) is 0 Å². The minimum absolute atomic E-state index is 1.06. The lowest BCUT2D eigenvalue weighted by atomic mass is 10.0. The molecule has 0 N–H and O–H groups in total. The Bertz CT molecular complexity index is 411. The monoisotopic (exact) mass is 200 g/mol. The molecule has 14 heavy (non-hydrogen) atoms. The van der Waals surface area contributed by atoms with Crippen LogP contribution in [0.2, 0.25) is 0 Å². The lowest BCUT2D eigenvalue weighted by molar-refractivity contribution is 1.30. The number of hydrogen-bond donors (Lipinski definition) is 1. The highest BCUT2D eigenvalue weighted by molar-refractivity contribution is 7.83. The average Bonchev–Trinajstić information content (AvgIpc) is 2.67. The summed E-state index contributed by atoms with van der Waals surface area (Å²) >= 11 is 4.00.